The molecule has 3 rings (SSSR count). The third-order valence-corrected chi connectivity index (χ3v) is 9.30. The lowest BCUT2D eigenvalue weighted by Crippen LogP contribution is -2.56. The lowest BCUT2D eigenvalue weighted by molar-refractivity contribution is 0.879. The summed E-state index contributed by atoms with van der Waals surface area (Å²) < 4.78 is 3.44. The van der Waals surface area contributed by atoms with Gasteiger partial charge in [0.2, 0.25) is 0 Å². The van der Waals surface area contributed by atoms with Gasteiger partial charge in [-0.15, -0.1) is 0 Å². The number of para-hydroxylation sites is 1. The van der Waals surface area contributed by atoms with Gasteiger partial charge in [0.1, 0.15) is 8.07 Å². The van der Waals surface area contributed by atoms with Crippen LogP contribution in [0.1, 0.15) is 5.69 Å². The average Bonchev–Trinajstić information content (AvgIpc) is 2.85. The van der Waals surface area contributed by atoms with E-state index in [1.165, 1.54) is 14.1 Å². The third kappa shape index (κ3) is 2.65. The van der Waals surface area contributed by atoms with Crippen LogP contribution in [0.5, 0.6) is 0 Å². The molecule has 0 atom stereocenters. The smallest absolute Gasteiger partial charge is 0.137 e. The van der Waals surface area contributed by atoms with E-state index in [2.05, 4.69) is 102 Å². The molecule has 0 N–H and O–H groups in total. The molecule has 0 spiro atoms. The van der Waals surface area contributed by atoms with E-state index in [4.69, 9.17) is 5.10 Å². The lowest BCUT2D eigenvalue weighted by atomic mass is 10.3. The molecule has 0 amide bonds. The van der Waals surface area contributed by atoms with Crippen LogP contribution in [0.3, 0.4) is 0 Å². The largest absolute Gasteiger partial charge is 0.240 e. The first kappa shape index (κ1) is 15.5. The average molecular weight is 418 g/mol. The van der Waals surface area contributed by atoms with Gasteiger partial charge in [-0.2, -0.15) is 5.10 Å². The zero-order valence-corrected chi connectivity index (χ0v) is 16.2. The third-order valence-electron chi connectivity index (χ3n) is 4.08. The van der Waals surface area contributed by atoms with Gasteiger partial charge >= 0.3 is 0 Å². The predicted octanol–water partition coefficient (Wildman–Crippen LogP) is 3.61. The van der Waals surface area contributed by atoms with Crippen LogP contribution in [-0.2, 0) is 0 Å². The molecule has 0 saturated heterocycles. The van der Waals surface area contributed by atoms with E-state index in [0.29, 0.717) is 0 Å². The molecular weight excluding hydrogens is 399 g/mol. The molecule has 0 fully saturated rings. The monoisotopic (exact) mass is 418 g/mol. The van der Waals surface area contributed by atoms with E-state index in [1.54, 1.807) is 0 Å². The maximum Gasteiger partial charge on any atom is 0.137 e. The molecule has 1 aromatic heterocycles. The molecule has 0 bridgehead atoms. The lowest BCUT2D eigenvalue weighted by Gasteiger charge is -2.25. The second-order valence-corrected chi connectivity index (χ2v) is 11.4. The Morgan fingerprint density at radius 3 is 2.05 bits per heavy atom. The van der Waals surface area contributed by atoms with Gasteiger partial charge in [0.15, 0.2) is 0 Å². The minimum absolute atomic E-state index is 1.11. The molecule has 0 aliphatic rings. The van der Waals surface area contributed by atoms with Gasteiger partial charge in [-0.3, -0.25) is 0 Å². The Morgan fingerprint density at radius 1 is 0.909 bits per heavy atom. The second kappa shape index (κ2) is 6.00. The molecule has 3 aromatic rings. The van der Waals surface area contributed by atoms with Crippen molar-refractivity contribution in [2.24, 2.45) is 0 Å². The van der Waals surface area contributed by atoms with Crippen molar-refractivity contribution < 1.29 is 0 Å². The van der Waals surface area contributed by atoms with Crippen LogP contribution in [0.25, 0.3) is 5.69 Å². The van der Waals surface area contributed by atoms with Gasteiger partial charge in [-0.05, 0) is 41.6 Å². The van der Waals surface area contributed by atoms with E-state index in [-0.39, 0.29) is 0 Å². The van der Waals surface area contributed by atoms with Gasteiger partial charge in [-0.1, -0.05) is 66.8 Å². The Hall–Kier alpha value is -1.40. The molecule has 112 valence electrons. The van der Waals surface area contributed by atoms with E-state index in [1.807, 2.05) is 6.07 Å². The summed E-state index contributed by atoms with van der Waals surface area (Å²) in [6.07, 6.45) is 0. The molecule has 2 aromatic carbocycles. The normalized spacial score (nSPS) is 11.6. The van der Waals surface area contributed by atoms with Crippen molar-refractivity contribution in [1.82, 2.24) is 9.78 Å². The minimum atomic E-state index is -1.81. The van der Waals surface area contributed by atoms with Crippen LogP contribution < -0.4 is 10.5 Å². The quantitative estimate of drug-likeness (QED) is 0.470. The highest BCUT2D eigenvalue weighted by atomic mass is 127. The van der Waals surface area contributed by atoms with Crippen LogP contribution in [0, 0.1) is 10.5 Å². The summed E-state index contributed by atoms with van der Waals surface area (Å²) in [7, 11) is -1.81. The van der Waals surface area contributed by atoms with E-state index in [0.717, 1.165) is 11.4 Å². The molecule has 1 heterocycles. The van der Waals surface area contributed by atoms with E-state index in [9.17, 15) is 0 Å². The van der Waals surface area contributed by atoms with Crippen molar-refractivity contribution in [3.8, 4) is 5.69 Å². The first-order chi connectivity index (χ1) is 10.5. The topological polar surface area (TPSA) is 17.8 Å². The summed E-state index contributed by atoms with van der Waals surface area (Å²) in [6.45, 7) is 6.90. The maximum absolute atomic E-state index is 4.82. The molecule has 0 saturated carbocycles. The van der Waals surface area contributed by atoms with Crippen LogP contribution >= 0.6 is 22.6 Å². The highest BCUT2D eigenvalue weighted by Crippen LogP contribution is 2.17. The SMILES string of the molecule is Cc1nn(-c2ccccc2)c([Si](C)(C)c2ccccc2)c1I. The number of hydrogen-bond acceptors (Lipinski definition) is 1. The number of aromatic nitrogens is 2. The fourth-order valence-electron chi connectivity index (χ4n) is 2.79. The fourth-order valence-corrected chi connectivity index (χ4v) is 7.89. The molecule has 0 aliphatic heterocycles. The highest BCUT2D eigenvalue weighted by molar-refractivity contribution is 14.1. The van der Waals surface area contributed by atoms with Gasteiger partial charge in [-0.25, -0.2) is 4.68 Å². The number of benzene rings is 2. The fraction of sp³-hybridized carbons (Fsp3) is 0.167. The number of aryl methyl sites for hydroxylation is 1. The van der Waals surface area contributed by atoms with Crippen molar-refractivity contribution in [1.29, 1.82) is 0 Å². The van der Waals surface area contributed by atoms with Gasteiger partial charge in [0, 0.05) is 5.32 Å². The number of rotatable bonds is 3. The summed E-state index contributed by atoms with van der Waals surface area (Å²) in [4.78, 5) is 0. The van der Waals surface area contributed by atoms with Crippen molar-refractivity contribution in [2.75, 3.05) is 0 Å². The summed E-state index contributed by atoms with van der Waals surface area (Å²) in [6, 6.07) is 21.3. The Morgan fingerprint density at radius 2 is 1.45 bits per heavy atom. The summed E-state index contributed by atoms with van der Waals surface area (Å²) in [5, 5.41) is 7.63. The van der Waals surface area contributed by atoms with Crippen molar-refractivity contribution >= 4 is 41.2 Å². The zero-order valence-electron chi connectivity index (χ0n) is 13.0. The van der Waals surface area contributed by atoms with Gasteiger partial charge in [0.05, 0.1) is 15.0 Å². The molecule has 0 unspecified atom stereocenters. The summed E-state index contributed by atoms with van der Waals surface area (Å²) in [5.41, 5.74) is 2.25. The highest BCUT2D eigenvalue weighted by Gasteiger charge is 2.33. The molecule has 4 heteroatoms. The Labute approximate surface area is 146 Å². The van der Waals surface area contributed by atoms with Crippen LogP contribution in [0.2, 0.25) is 13.1 Å². The van der Waals surface area contributed by atoms with Crippen molar-refractivity contribution in [3.63, 3.8) is 0 Å². The maximum atomic E-state index is 4.82. The molecule has 2 nitrogen and oxygen atoms in total. The van der Waals surface area contributed by atoms with Crippen LogP contribution in [-0.4, -0.2) is 17.9 Å². The minimum Gasteiger partial charge on any atom is -0.240 e. The Kier molecular flexibility index (Phi) is 4.23. The van der Waals surface area contributed by atoms with E-state index < -0.39 is 8.07 Å². The number of hydrogen-bond donors (Lipinski definition) is 0. The Balaban J connectivity index is 2.23. The standard InChI is InChI=1S/C18H19IN2Si/c1-14-17(19)18(21(20-14)15-10-6-4-7-11-15)22(2,3)16-12-8-5-9-13-16/h4-13H,1-3H3. The van der Waals surface area contributed by atoms with E-state index >= 15 is 0 Å². The second-order valence-electron chi connectivity index (χ2n) is 5.99. The van der Waals surface area contributed by atoms with Crippen LogP contribution in [0.4, 0.5) is 0 Å². The first-order valence-corrected chi connectivity index (χ1v) is 11.5. The molecule has 0 aliphatic carbocycles. The number of nitrogens with zero attached hydrogens (tertiary/aromatic N) is 2. The van der Waals surface area contributed by atoms with Crippen molar-refractivity contribution in [3.05, 3.63) is 69.9 Å². The predicted molar refractivity (Wildman–Crippen MR) is 104 cm³/mol. The molecular formula is C18H19IN2Si. The number of halogens is 1. The first-order valence-electron chi connectivity index (χ1n) is 7.38. The van der Waals surface area contributed by atoms with Crippen LogP contribution in [0.15, 0.2) is 60.7 Å². The van der Waals surface area contributed by atoms with Gasteiger partial charge in [0.25, 0.3) is 0 Å². The molecule has 22 heavy (non-hydrogen) atoms. The summed E-state index contributed by atoms with van der Waals surface area (Å²) in [5.74, 6) is 0. The summed E-state index contributed by atoms with van der Waals surface area (Å²) >= 11 is 2.46. The van der Waals surface area contributed by atoms with Crippen molar-refractivity contribution in [2.45, 2.75) is 20.0 Å². The molecule has 0 radical (unpaired) electrons. The van der Waals surface area contributed by atoms with Gasteiger partial charge < -0.3 is 0 Å². The zero-order chi connectivity index (χ0) is 15.7. The Bertz CT molecular complexity index is 780.